The van der Waals surface area contributed by atoms with Gasteiger partial charge in [-0.1, -0.05) is 36.4 Å². The summed E-state index contributed by atoms with van der Waals surface area (Å²) in [6.07, 6.45) is 0. The lowest BCUT2D eigenvalue weighted by Gasteiger charge is -2.18. The fourth-order valence-corrected chi connectivity index (χ4v) is 4.76. The van der Waals surface area contributed by atoms with Gasteiger partial charge in [0, 0.05) is 5.69 Å². The van der Waals surface area contributed by atoms with Crippen molar-refractivity contribution in [3.63, 3.8) is 0 Å². The minimum absolute atomic E-state index is 0.155. The molecule has 146 valence electrons. The molecule has 1 atom stereocenters. The molecule has 1 heterocycles. The summed E-state index contributed by atoms with van der Waals surface area (Å²) in [6.45, 7) is 2.44. The van der Waals surface area contributed by atoms with Crippen LogP contribution in [0.1, 0.15) is 18.5 Å². The molecule has 6 nitrogen and oxygen atoms in total. The first-order chi connectivity index (χ1) is 13.5. The van der Waals surface area contributed by atoms with Crippen molar-refractivity contribution in [1.82, 2.24) is 4.72 Å². The van der Waals surface area contributed by atoms with Crippen molar-refractivity contribution in [3.8, 4) is 5.75 Å². The molecule has 0 radical (unpaired) electrons. The second-order valence-electron chi connectivity index (χ2n) is 5.84. The van der Waals surface area contributed by atoms with E-state index in [1.54, 1.807) is 66.0 Å². The van der Waals surface area contributed by atoms with Gasteiger partial charge in [-0.25, -0.2) is 8.42 Å². The summed E-state index contributed by atoms with van der Waals surface area (Å²) in [7, 11) is -3.83. The van der Waals surface area contributed by atoms with Gasteiger partial charge in [-0.05, 0) is 48.2 Å². The summed E-state index contributed by atoms with van der Waals surface area (Å²) in [5.41, 5.74) is 1.09. The summed E-state index contributed by atoms with van der Waals surface area (Å²) < 4.78 is 33.4. The zero-order valence-corrected chi connectivity index (χ0v) is 16.8. The molecule has 1 amide bonds. The van der Waals surface area contributed by atoms with Gasteiger partial charge in [-0.2, -0.15) is 4.72 Å². The Morgan fingerprint density at radius 3 is 2.36 bits per heavy atom. The fraction of sp³-hybridized carbons (Fsp3) is 0.150. The number of hydrogen-bond acceptors (Lipinski definition) is 5. The first-order valence-electron chi connectivity index (χ1n) is 8.64. The smallest absolute Gasteiger partial charge is 0.251 e. The highest BCUT2D eigenvalue weighted by Crippen LogP contribution is 2.23. The van der Waals surface area contributed by atoms with Crippen molar-refractivity contribution in [1.29, 1.82) is 0 Å². The summed E-state index contributed by atoms with van der Waals surface area (Å²) in [6, 6.07) is 17.7. The monoisotopic (exact) mass is 416 g/mol. The third-order valence-corrected chi connectivity index (χ3v) is 6.68. The van der Waals surface area contributed by atoms with Crippen LogP contribution in [0.2, 0.25) is 0 Å². The van der Waals surface area contributed by atoms with Crippen LogP contribution in [0.5, 0.6) is 5.75 Å². The number of carbonyl (C=O) groups is 1. The van der Waals surface area contributed by atoms with E-state index in [0.717, 1.165) is 11.3 Å². The molecular weight excluding hydrogens is 396 g/mol. The molecule has 2 N–H and O–H groups in total. The number of hydrogen-bond donors (Lipinski definition) is 2. The molecule has 0 fully saturated rings. The summed E-state index contributed by atoms with van der Waals surface area (Å²) in [5.74, 6) is 0.217. The highest BCUT2D eigenvalue weighted by Gasteiger charge is 2.27. The summed E-state index contributed by atoms with van der Waals surface area (Å²) >= 11 is 1.09. The predicted octanol–water partition coefficient (Wildman–Crippen LogP) is 3.81. The number of sulfonamides is 1. The van der Waals surface area contributed by atoms with Gasteiger partial charge in [0.05, 0.1) is 6.61 Å². The Morgan fingerprint density at radius 2 is 1.75 bits per heavy atom. The van der Waals surface area contributed by atoms with Crippen molar-refractivity contribution >= 4 is 33.0 Å². The van der Waals surface area contributed by atoms with Crippen molar-refractivity contribution < 1.29 is 17.9 Å². The maximum Gasteiger partial charge on any atom is 0.251 e. The molecule has 0 saturated heterocycles. The van der Waals surface area contributed by atoms with E-state index in [0.29, 0.717) is 23.6 Å². The van der Waals surface area contributed by atoms with Gasteiger partial charge in [0.2, 0.25) is 5.91 Å². The first-order valence-corrected chi connectivity index (χ1v) is 11.0. The SMILES string of the molecule is CCOc1ccc(NC(=O)[C@@H](NS(=O)(=O)c2cccs2)c2ccccc2)cc1. The van der Waals surface area contributed by atoms with Crippen molar-refractivity contribution in [2.75, 3.05) is 11.9 Å². The van der Waals surface area contributed by atoms with E-state index in [9.17, 15) is 13.2 Å². The Hall–Kier alpha value is -2.68. The zero-order valence-electron chi connectivity index (χ0n) is 15.2. The number of rotatable bonds is 8. The van der Waals surface area contributed by atoms with Gasteiger partial charge < -0.3 is 10.1 Å². The van der Waals surface area contributed by atoms with Crippen LogP contribution in [0, 0.1) is 0 Å². The van der Waals surface area contributed by atoms with Gasteiger partial charge in [-0.3, -0.25) is 4.79 Å². The molecule has 3 rings (SSSR count). The maximum absolute atomic E-state index is 12.9. The van der Waals surface area contributed by atoms with Gasteiger partial charge in [0.15, 0.2) is 0 Å². The number of ether oxygens (including phenoxy) is 1. The number of nitrogens with one attached hydrogen (secondary N) is 2. The number of benzene rings is 2. The number of amides is 1. The third-order valence-electron chi connectivity index (χ3n) is 3.86. The lowest BCUT2D eigenvalue weighted by molar-refractivity contribution is -0.117. The Labute approximate surface area is 168 Å². The minimum Gasteiger partial charge on any atom is -0.494 e. The quantitative estimate of drug-likeness (QED) is 0.585. The largest absolute Gasteiger partial charge is 0.494 e. The van der Waals surface area contributed by atoms with E-state index in [-0.39, 0.29) is 4.21 Å². The third kappa shape index (κ3) is 4.98. The second kappa shape index (κ2) is 9.01. The van der Waals surface area contributed by atoms with Crippen LogP contribution in [0.3, 0.4) is 0 Å². The van der Waals surface area contributed by atoms with Crippen molar-refractivity contribution in [2.45, 2.75) is 17.2 Å². The molecule has 0 aliphatic heterocycles. The zero-order chi connectivity index (χ0) is 20.0. The van der Waals surface area contributed by atoms with Crippen LogP contribution >= 0.6 is 11.3 Å². The summed E-state index contributed by atoms with van der Waals surface area (Å²) in [4.78, 5) is 12.9. The predicted molar refractivity (Wildman–Crippen MR) is 110 cm³/mol. The standard InChI is InChI=1S/C20H20N2O4S2/c1-2-26-17-12-10-16(11-13-17)21-20(23)19(15-7-4-3-5-8-15)22-28(24,25)18-9-6-14-27-18/h3-14,19,22H,2H2,1H3,(H,21,23)/t19-/m0/s1. The Morgan fingerprint density at radius 1 is 1.04 bits per heavy atom. The average Bonchev–Trinajstić information content (AvgIpc) is 3.24. The molecule has 0 bridgehead atoms. The number of anilines is 1. The molecule has 0 aliphatic rings. The van der Waals surface area contributed by atoms with E-state index in [4.69, 9.17) is 4.74 Å². The van der Waals surface area contributed by atoms with Gasteiger partial charge in [0.1, 0.15) is 16.0 Å². The molecule has 2 aromatic carbocycles. The topological polar surface area (TPSA) is 84.5 Å². The number of thiophene rings is 1. The van der Waals surface area contributed by atoms with Crippen LogP contribution in [-0.4, -0.2) is 20.9 Å². The first kappa shape index (κ1) is 20.1. The molecule has 1 aromatic heterocycles. The van der Waals surface area contributed by atoms with Crippen LogP contribution < -0.4 is 14.8 Å². The molecule has 8 heteroatoms. The normalized spacial score (nSPS) is 12.3. The van der Waals surface area contributed by atoms with E-state index in [1.807, 2.05) is 6.92 Å². The van der Waals surface area contributed by atoms with Gasteiger partial charge >= 0.3 is 0 Å². The fourth-order valence-electron chi connectivity index (χ4n) is 2.56. The molecule has 28 heavy (non-hydrogen) atoms. The van der Waals surface area contributed by atoms with E-state index in [2.05, 4.69) is 10.0 Å². The lowest BCUT2D eigenvalue weighted by Crippen LogP contribution is -2.36. The van der Waals surface area contributed by atoms with Crippen LogP contribution in [0.4, 0.5) is 5.69 Å². The summed E-state index contributed by atoms with van der Waals surface area (Å²) in [5, 5.41) is 4.43. The van der Waals surface area contributed by atoms with Crippen LogP contribution in [0.25, 0.3) is 0 Å². The number of carbonyl (C=O) groups excluding carboxylic acids is 1. The van der Waals surface area contributed by atoms with Crippen molar-refractivity contribution in [3.05, 3.63) is 77.7 Å². The molecule has 0 saturated carbocycles. The molecule has 0 spiro atoms. The van der Waals surface area contributed by atoms with Crippen molar-refractivity contribution in [2.24, 2.45) is 0 Å². The van der Waals surface area contributed by atoms with E-state index >= 15 is 0 Å². The molecule has 0 unspecified atom stereocenters. The van der Waals surface area contributed by atoms with Crippen LogP contribution in [0.15, 0.2) is 76.3 Å². The van der Waals surface area contributed by atoms with Gasteiger partial charge in [0.25, 0.3) is 10.0 Å². The maximum atomic E-state index is 12.9. The van der Waals surface area contributed by atoms with E-state index in [1.165, 1.54) is 6.07 Å². The highest BCUT2D eigenvalue weighted by atomic mass is 32.2. The molecule has 0 aliphatic carbocycles. The molecule has 3 aromatic rings. The lowest BCUT2D eigenvalue weighted by atomic mass is 10.1. The Balaban J connectivity index is 1.83. The average molecular weight is 417 g/mol. The second-order valence-corrected chi connectivity index (χ2v) is 8.73. The van der Waals surface area contributed by atoms with Gasteiger partial charge in [-0.15, -0.1) is 11.3 Å². The van der Waals surface area contributed by atoms with Crippen LogP contribution in [-0.2, 0) is 14.8 Å². The highest BCUT2D eigenvalue weighted by molar-refractivity contribution is 7.91. The minimum atomic E-state index is -3.83. The molecular formula is C20H20N2O4S2. The Bertz CT molecular complexity index is 1000. The Kier molecular flexibility index (Phi) is 6.45. The van der Waals surface area contributed by atoms with E-state index < -0.39 is 22.0 Å².